The topological polar surface area (TPSA) is 262 Å². The van der Waals surface area contributed by atoms with E-state index in [9.17, 15) is 29.7 Å². The molecule has 8 atom stereocenters. The first-order chi connectivity index (χ1) is 40.9. The second-order valence-corrected chi connectivity index (χ2v) is 25.0. The molecule has 2 N–H and O–H groups in total. The zero-order valence-electron chi connectivity index (χ0n) is 48.5. The average molecular weight is 1220 g/mol. The molecule has 4 heterocycles. The molecule has 0 spiro atoms. The molecule has 2 aromatic heterocycles. The number of hydrogen-bond donors (Lipinski definition) is 2. The summed E-state index contributed by atoms with van der Waals surface area (Å²) < 4.78 is 69.7. The molecule has 6 aromatic rings. The number of ether oxygens (including phenoxy) is 5. The maximum atomic E-state index is 14.2. The van der Waals surface area contributed by atoms with E-state index in [-0.39, 0.29) is 75.6 Å². The molecule has 450 valence electrons. The number of methoxy groups -OCH3 is 2. The number of anilines is 1. The number of aryl methyl sites for hydroxylation is 2. The van der Waals surface area contributed by atoms with Crippen LogP contribution in [0, 0.1) is 36.5 Å². The van der Waals surface area contributed by atoms with Crippen molar-refractivity contribution in [2.24, 2.45) is 0 Å². The standard InChI is InChI=1S/C60H70N8O14P2S/c1-39(2)68(40(3)4)83(76-31-15-29-61)81-49-33-53(67-36-42(6)56(69)65-59(67)72)80-52(49)38-78-84(85,77-32-16-30-62)82-50-34-54(66-35-41(5)55(64-58(66)71)63-57(70)43-17-11-9-12-18-43)79-51(50)37-75-60(44-19-13-10-14-20-44,45-21-25-47(73-7)26-22-45)46-23-27-48(74-8)28-24-46/h9-14,17-28,35-36,39-40,49-54H,15-16,31-34,37-38H2,1-8H3,(H,65,69,72)(H,63,64,70,71)/t49-,50-,51+,52+,53+,54+,83?,84?/m0/s1. The van der Waals surface area contributed by atoms with Crippen molar-refractivity contribution in [1.29, 1.82) is 10.5 Å². The highest BCUT2D eigenvalue weighted by Gasteiger charge is 2.47. The lowest BCUT2D eigenvalue weighted by atomic mass is 9.80. The normalized spacial score (nSPS) is 19.8. The molecule has 8 rings (SSSR count). The summed E-state index contributed by atoms with van der Waals surface area (Å²) in [5.74, 6) is 0.840. The van der Waals surface area contributed by atoms with E-state index in [1.807, 2.05) is 107 Å². The lowest BCUT2D eigenvalue weighted by molar-refractivity contribution is -0.0941. The molecule has 1 amide bonds. The summed E-state index contributed by atoms with van der Waals surface area (Å²) in [6.07, 6.45) is -2.93. The van der Waals surface area contributed by atoms with Gasteiger partial charge in [-0.05, 0) is 106 Å². The molecule has 0 aliphatic carbocycles. The van der Waals surface area contributed by atoms with Gasteiger partial charge in [0.15, 0.2) is 0 Å². The Morgan fingerprint density at radius 2 is 1.31 bits per heavy atom. The van der Waals surface area contributed by atoms with Gasteiger partial charge in [-0.2, -0.15) is 15.5 Å². The van der Waals surface area contributed by atoms with Gasteiger partial charge in [-0.15, -0.1) is 0 Å². The van der Waals surface area contributed by atoms with Crippen molar-refractivity contribution >= 4 is 38.8 Å². The Hall–Kier alpha value is -6.79. The van der Waals surface area contributed by atoms with Crippen molar-refractivity contribution in [3.05, 3.63) is 186 Å². The summed E-state index contributed by atoms with van der Waals surface area (Å²) in [6, 6.07) is 37.3. The molecule has 0 radical (unpaired) electrons. The molecule has 0 bridgehead atoms. The lowest BCUT2D eigenvalue weighted by Gasteiger charge is -2.38. The Kier molecular flexibility index (Phi) is 22.3. The number of amides is 1. The van der Waals surface area contributed by atoms with E-state index in [2.05, 4.69) is 32.1 Å². The Morgan fingerprint density at radius 1 is 0.765 bits per heavy atom. The number of nitrogens with one attached hydrogen (secondary N) is 2. The number of nitriles is 2. The number of benzene rings is 4. The van der Waals surface area contributed by atoms with E-state index in [1.54, 1.807) is 64.6 Å². The van der Waals surface area contributed by atoms with Gasteiger partial charge in [-0.1, -0.05) is 72.8 Å². The molecule has 2 aliphatic rings. The van der Waals surface area contributed by atoms with Crippen LogP contribution in [0.1, 0.15) is 104 Å². The van der Waals surface area contributed by atoms with Crippen molar-refractivity contribution in [2.45, 2.75) is 122 Å². The van der Waals surface area contributed by atoms with Crippen LogP contribution >= 0.6 is 15.2 Å². The number of rotatable bonds is 28. The highest BCUT2D eigenvalue weighted by Crippen LogP contribution is 2.56. The SMILES string of the molecule is COc1ccc(C(OC[C@H]2O[C@@H](n3cc(C)c(NC(=O)c4ccccc4)nc3=O)C[C@@H]2OP(=S)(OCCC#N)OC[C@H]2O[C@@H](n3cc(C)c(=O)[nH]c3=O)C[C@@H]2OP(OCCC#N)N(C(C)C)C(C)C)(c2ccccc2)c2ccc(OC)cc2)cc1. The van der Waals surface area contributed by atoms with Crippen molar-refractivity contribution < 1.29 is 51.1 Å². The van der Waals surface area contributed by atoms with Gasteiger partial charge in [-0.3, -0.25) is 23.7 Å². The summed E-state index contributed by atoms with van der Waals surface area (Å²) in [5.41, 5.74) is -0.0284. The molecular formula is C60H70N8O14P2S. The summed E-state index contributed by atoms with van der Waals surface area (Å²) in [5, 5.41) is 22.0. The van der Waals surface area contributed by atoms with Crippen LogP contribution in [0.2, 0.25) is 0 Å². The third-order valence-corrected chi connectivity index (χ3v) is 18.7. The van der Waals surface area contributed by atoms with Gasteiger partial charge >= 0.3 is 18.1 Å². The number of hydrogen-bond acceptors (Lipinski definition) is 19. The minimum Gasteiger partial charge on any atom is -0.497 e. The average Bonchev–Trinajstić information content (AvgIpc) is 2.02. The van der Waals surface area contributed by atoms with E-state index < -0.39 is 80.6 Å². The first kappa shape index (κ1) is 64.2. The minimum atomic E-state index is -4.04. The fraction of sp³-hybridized carbons (Fsp3) is 0.417. The van der Waals surface area contributed by atoms with E-state index in [0.29, 0.717) is 22.6 Å². The van der Waals surface area contributed by atoms with Crippen LogP contribution in [0.5, 0.6) is 11.5 Å². The van der Waals surface area contributed by atoms with Crippen molar-refractivity contribution in [2.75, 3.05) is 46.0 Å². The van der Waals surface area contributed by atoms with Crippen molar-refractivity contribution in [1.82, 2.24) is 23.8 Å². The summed E-state index contributed by atoms with van der Waals surface area (Å²) in [4.78, 5) is 60.1. The third-order valence-electron chi connectivity index (χ3n) is 14.2. The molecule has 85 heavy (non-hydrogen) atoms. The lowest BCUT2D eigenvalue weighted by Crippen LogP contribution is -2.38. The molecule has 2 fully saturated rings. The zero-order valence-corrected chi connectivity index (χ0v) is 51.1. The predicted molar refractivity (Wildman–Crippen MR) is 320 cm³/mol. The second kappa shape index (κ2) is 29.5. The molecule has 2 saturated heterocycles. The first-order valence-electron chi connectivity index (χ1n) is 27.7. The molecular weight excluding hydrogens is 1150 g/mol. The third kappa shape index (κ3) is 15.6. The Morgan fingerprint density at radius 3 is 1.89 bits per heavy atom. The van der Waals surface area contributed by atoms with E-state index in [4.69, 9.17) is 58.1 Å². The van der Waals surface area contributed by atoms with Crippen molar-refractivity contribution in [3.8, 4) is 23.6 Å². The highest BCUT2D eigenvalue weighted by molar-refractivity contribution is 8.07. The molecule has 4 aromatic carbocycles. The quantitative estimate of drug-likeness (QED) is 0.0263. The predicted octanol–water partition coefficient (Wildman–Crippen LogP) is 9.48. The monoisotopic (exact) mass is 1220 g/mol. The van der Waals surface area contributed by atoms with Gasteiger partial charge in [0.25, 0.3) is 20.0 Å². The Labute approximate surface area is 499 Å². The van der Waals surface area contributed by atoms with Crippen LogP contribution in [0.3, 0.4) is 0 Å². The smallest absolute Gasteiger partial charge is 0.351 e. The first-order valence-corrected chi connectivity index (χ1v) is 31.4. The van der Waals surface area contributed by atoms with Gasteiger partial charge in [0.05, 0.1) is 77.8 Å². The van der Waals surface area contributed by atoms with Gasteiger partial charge in [0.2, 0.25) is 0 Å². The molecule has 2 aliphatic heterocycles. The van der Waals surface area contributed by atoms with Gasteiger partial charge in [-0.25, -0.2) is 14.3 Å². The molecule has 25 heteroatoms. The number of nitrogens with zero attached hydrogens (tertiary/aromatic N) is 6. The Bertz CT molecular complexity index is 3470. The Balaban J connectivity index is 1.18. The largest absolute Gasteiger partial charge is 0.497 e. The fourth-order valence-electron chi connectivity index (χ4n) is 10.1. The number of aromatic amines is 1. The van der Waals surface area contributed by atoms with Crippen LogP contribution < -0.4 is 31.7 Å². The summed E-state index contributed by atoms with van der Waals surface area (Å²) in [7, 11) is 1.31. The maximum absolute atomic E-state index is 14.2. The molecule has 2 unspecified atom stereocenters. The van der Waals surface area contributed by atoms with Crippen LogP contribution in [0.15, 0.2) is 136 Å². The van der Waals surface area contributed by atoms with Gasteiger partial charge in [0, 0.05) is 54.0 Å². The molecule has 22 nitrogen and oxygen atoms in total. The van der Waals surface area contributed by atoms with Crippen LogP contribution in [-0.2, 0) is 54.2 Å². The maximum Gasteiger partial charge on any atom is 0.351 e. The fourth-order valence-corrected chi connectivity index (χ4v) is 13.9. The van der Waals surface area contributed by atoms with Gasteiger partial charge < -0.3 is 51.6 Å². The second-order valence-electron chi connectivity index (χ2n) is 20.6. The number of carbonyl (C=O) groups is 1. The van der Waals surface area contributed by atoms with Crippen molar-refractivity contribution in [3.63, 3.8) is 0 Å². The number of carbonyl (C=O) groups excluding carboxylic acids is 1. The van der Waals surface area contributed by atoms with E-state index >= 15 is 0 Å². The van der Waals surface area contributed by atoms with Gasteiger partial charge in [0.1, 0.15) is 47.6 Å². The summed E-state index contributed by atoms with van der Waals surface area (Å²) >= 11 is 6.30. The van der Waals surface area contributed by atoms with Crippen LogP contribution in [0.4, 0.5) is 5.82 Å². The van der Waals surface area contributed by atoms with E-state index in [0.717, 1.165) is 16.7 Å². The summed E-state index contributed by atoms with van der Waals surface area (Å²) in [6.45, 7) is 6.57. The highest BCUT2D eigenvalue weighted by atomic mass is 32.5. The van der Waals surface area contributed by atoms with Crippen LogP contribution in [-0.4, -0.2) is 107 Å². The number of H-pyrrole nitrogens is 1. The van der Waals surface area contributed by atoms with E-state index in [1.165, 1.54) is 15.3 Å². The minimum absolute atomic E-state index is 0.0374. The number of aromatic nitrogens is 4. The molecule has 0 saturated carbocycles. The zero-order chi connectivity index (χ0) is 60.8. The van der Waals surface area contributed by atoms with Crippen LogP contribution in [0.25, 0.3) is 0 Å².